The number of hydrogen-bond donors (Lipinski definition) is 0. The first-order valence-electron chi connectivity index (χ1n) is 18.8. The van der Waals surface area contributed by atoms with E-state index in [-0.39, 0.29) is 25.1 Å². The molecule has 0 N–H and O–H groups in total. The van der Waals surface area contributed by atoms with Crippen LogP contribution in [0.3, 0.4) is 0 Å². The van der Waals surface area contributed by atoms with Gasteiger partial charge in [0.05, 0.1) is 38.8 Å². The van der Waals surface area contributed by atoms with Crippen molar-refractivity contribution in [2.24, 2.45) is 0 Å². The molecule has 2 aliphatic heterocycles. The molecular formula is C46H47B2O4+. The molecule has 5 aromatic carbocycles. The number of rotatable bonds is 4. The van der Waals surface area contributed by atoms with E-state index in [4.69, 9.17) is 25.5 Å². The lowest BCUT2D eigenvalue weighted by Gasteiger charge is -2.35. The minimum Gasteiger partial charge on any atom is -0.405 e. The second-order valence-electron chi connectivity index (χ2n) is 17.4. The Kier molecular flexibility index (Phi) is 7.61. The van der Waals surface area contributed by atoms with Crippen LogP contribution in [0.5, 0.6) is 0 Å². The summed E-state index contributed by atoms with van der Waals surface area (Å²) in [6.45, 7) is 23.3. The van der Waals surface area contributed by atoms with Crippen LogP contribution in [0.25, 0.3) is 22.3 Å². The lowest BCUT2D eigenvalue weighted by atomic mass is 9.65. The van der Waals surface area contributed by atoms with E-state index in [0.717, 1.165) is 10.9 Å². The summed E-state index contributed by atoms with van der Waals surface area (Å²) in [7, 11) is -0.705. The van der Waals surface area contributed by atoms with Crippen molar-refractivity contribution in [2.45, 2.75) is 70.1 Å². The molecule has 1 unspecified atom stereocenters. The van der Waals surface area contributed by atoms with Gasteiger partial charge < -0.3 is 18.6 Å². The van der Waals surface area contributed by atoms with Gasteiger partial charge in [-0.25, -0.2) is 0 Å². The Morgan fingerprint density at radius 3 is 1.31 bits per heavy atom. The summed E-state index contributed by atoms with van der Waals surface area (Å²) in [5.41, 5.74) is 16.2. The Morgan fingerprint density at radius 1 is 0.481 bits per heavy atom. The van der Waals surface area contributed by atoms with Gasteiger partial charge in [-0.2, -0.15) is 0 Å². The molecule has 52 heavy (non-hydrogen) atoms. The Morgan fingerprint density at radius 2 is 0.846 bits per heavy atom. The van der Waals surface area contributed by atoms with E-state index in [1.54, 1.807) is 0 Å². The Balaban J connectivity index is 1.34. The zero-order valence-electron chi connectivity index (χ0n) is 31.6. The van der Waals surface area contributed by atoms with Crippen LogP contribution >= 0.6 is 0 Å². The summed E-state index contributed by atoms with van der Waals surface area (Å²) in [5, 5.41) is 0. The molecule has 0 bridgehead atoms. The first kappa shape index (κ1) is 33.8. The fraction of sp³-hybridized carbons (Fsp3) is 0.326. The molecule has 6 heteroatoms. The molecule has 2 fully saturated rings. The highest BCUT2D eigenvalue weighted by molar-refractivity contribution is 6.62. The summed E-state index contributed by atoms with van der Waals surface area (Å²) in [6.07, 6.45) is 0. The van der Waals surface area contributed by atoms with Crippen molar-refractivity contribution in [3.05, 3.63) is 148 Å². The van der Waals surface area contributed by atoms with Crippen LogP contribution in [0.1, 0.15) is 93.0 Å². The summed E-state index contributed by atoms with van der Waals surface area (Å²) >= 11 is 0. The fourth-order valence-electron chi connectivity index (χ4n) is 9.09. The summed E-state index contributed by atoms with van der Waals surface area (Å²) in [6, 6.07) is 37.2. The normalized spacial score (nSPS) is 20.2. The maximum Gasteiger partial charge on any atom is 0.494 e. The second kappa shape index (κ2) is 11.7. The van der Waals surface area contributed by atoms with Gasteiger partial charge in [0.25, 0.3) is 0 Å². The molecule has 1 atom stereocenters. The summed E-state index contributed by atoms with van der Waals surface area (Å²) in [4.78, 5) is 0. The molecule has 2 heterocycles. The van der Waals surface area contributed by atoms with Crippen LogP contribution in [0.15, 0.2) is 97.1 Å². The molecule has 0 spiro atoms. The van der Waals surface area contributed by atoms with E-state index in [9.17, 15) is 0 Å². The third-order valence-electron chi connectivity index (χ3n) is 12.0. The van der Waals surface area contributed by atoms with Crippen LogP contribution in [-0.2, 0) is 40.3 Å². The van der Waals surface area contributed by atoms with Gasteiger partial charge in [0.1, 0.15) is 0 Å². The van der Waals surface area contributed by atoms with E-state index < -0.39 is 10.8 Å². The van der Waals surface area contributed by atoms with Gasteiger partial charge in [0.15, 0.2) is 5.41 Å². The number of benzene rings is 5. The quantitative estimate of drug-likeness (QED) is 0.138. The lowest BCUT2D eigenvalue weighted by Crippen LogP contribution is -2.35. The Hall–Kier alpha value is -4.06. The van der Waals surface area contributed by atoms with E-state index in [1.807, 2.05) is 0 Å². The van der Waals surface area contributed by atoms with E-state index in [0.29, 0.717) is 26.4 Å². The van der Waals surface area contributed by atoms with Crippen molar-refractivity contribution in [1.29, 1.82) is 0 Å². The van der Waals surface area contributed by atoms with Gasteiger partial charge >= 0.3 is 14.2 Å². The fourth-order valence-corrected chi connectivity index (χ4v) is 9.09. The van der Waals surface area contributed by atoms with E-state index in [2.05, 4.69) is 146 Å². The zero-order chi connectivity index (χ0) is 36.2. The highest BCUT2D eigenvalue weighted by Gasteiger charge is 2.51. The minimum absolute atomic E-state index is 0.0341. The van der Waals surface area contributed by atoms with Gasteiger partial charge in [0, 0.05) is 11.1 Å². The van der Waals surface area contributed by atoms with Gasteiger partial charge in [-0.1, -0.05) is 126 Å². The van der Waals surface area contributed by atoms with E-state index in [1.165, 1.54) is 66.8 Å². The van der Waals surface area contributed by atoms with Crippen LogP contribution in [0.4, 0.5) is 0 Å². The molecule has 0 amide bonds. The van der Waals surface area contributed by atoms with Gasteiger partial charge in [-0.15, -0.1) is 0 Å². The van der Waals surface area contributed by atoms with Crippen LogP contribution in [0.2, 0.25) is 0 Å². The lowest BCUT2D eigenvalue weighted by molar-refractivity contribution is 0.365. The van der Waals surface area contributed by atoms with Crippen LogP contribution in [0, 0.1) is 6.92 Å². The molecule has 4 nitrogen and oxygen atoms in total. The average molecular weight is 686 g/mol. The third kappa shape index (κ3) is 5.02. The van der Waals surface area contributed by atoms with Gasteiger partial charge in [0.2, 0.25) is 0 Å². The largest absolute Gasteiger partial charge is 0.494 e. The predicted octanol–water partition coefficient (Wildman–Crippen LogP) is 8.25. The van der Waals surface area contributed by atoms with Crippen molar-refractivity contribution < 1.29 is 18.6 Å². The van der Waals surface area contributed by atoms with Crippen molar-refractivity contribution in [2.75, 3.05) is 26.4 Å². The molecule has 260 valence electrons. The summed E-state index contributed by atoms with van der Waals surface area (Å²) < 4.78 is 24.0. The van der Waals surface area contributed by atoms with Gasteiger partial charge in [-0.05, 0) is 96.4 Å². The second-order valence-corrected chi connectivity index (χ2v) is 17.4. The highest BCUT2D eigenvalue weighted by Crippen LogP contribution is 2.60. The Bertz CT molecular complexity index is 2140. The van der Waals surface area contributed by atoms with Crippen LogP contribution < -0.4 is 10.9 Å². The van der Waals surface area contributed by atoms with Crippen molar-refractivity contribution in [3.63, 3.8) is 0 Å². The average Bonchev–Trinajstić information content (AvgIpc) is 3.93. The minimum atomic E-state index is -0.590. The molecule has 0 aromatic heterocycles. The maximum absolute atomic E-state index is 6.09. The molecule has 5 aromatic rings. The smallest absolute Gasteiger partial charge is 0.405 e. The zero-order valence-corrected chi connectivity index (χ0v) is 31.6. The molecule has 2 saturated heterocycles. The van der Waals surface area contributed by atoms with Crippen LogP contribution in [-0.4, -0.2) is 40.7 Å². The van der Waals surface area contributed by atoms with E-state index >= 15 is 0 Å². The predicted molar refractivity (Wildman–Crippen MR) is 213 cm³/mol. The van der Waals surface area contributed by atoms with Crippen molar-refractivity contribution >= 4 is 25.2 Å². The van der Waals surface area contributed by atoms with Crippen molar-refractivity contribution in [3.8, 4) is 22.3 Å². The highest BCUT2D eigenvalue weighted by atomic mass is 16.6. The first-order chi connectivity index (χ1) is 24.8. The standard InChI is InChI=1S/C46H47B2O4/c1-43(2,3)29-9-13-31(14-10-29)46(32-15-11-30(12-16-32)44(4,5)6)41-26-34(48-51-23-24-52-48)18-20-36(41)38-27-40-37(28-42(38)46)35-19-17-33(47-49-21-22-50-47)25-39(35)45(40,7)8/h9-20,25-28H,7,21-24H2,1-6,8H3/q+1. The molecule has 9 rings (SSSR count). The monoisotopic (exact) mass is 685 g/mol. The number of fused-ring (bicyclic) bond motifs is 6. The summed E-state index contributed by atoms with van der Waals surface area (Å²) in [5.74, 6) is 0. The van der Waals surface area contributed by atoms with Gasteiger partial charge in [-0.3, -0.25) is 0 Å². The topological polar surface area (TPSA) is 36.9 Å². The molecular weight excluding hydrogens is 638 g/mol. The SMILES string of the molecule is [CH2+]C1(C)c2cc(B3OCCO3)ccc2-c2cc3c(cc21)-c1ccc(B2OCCO2)cc1C3(c1ccc(C(C)(C)C)cc1)c1ccc(C(C)(C)C)cc1. The Labute approximate surface area is 310 Å². The molecule has 4 aliphatic rings. The maximum atomic E-state index is 6.09. The van der Waals surface area contributed by atoms with Crippen molar-refractivity contribution in [1.82, 2.24) is 0 Å². The first-order valence-corrected chi connectivity index (χ1v) is 18.8. The molecule has 0 saturated carbocycles. The molecule has 2 aliphatic carbocycles. The third-order valence-corrected chi connectivity index (χ3v) is 12.0. The molecule has 0 radical (unpaired) electrons. The number of hydrogen-bond acceptors (Lipinski definition) is 4.